The fraction of sp³-hybridized carbons (Fsp3) is 0.500. The van der Waals surface area contributed by atoms with Crippen LogP contribution in [0.1, 0.15) is 59.9 Å². The highest BCUT2D eigenvalue weighted by atomic mass is 16.4. The van der Waals surface area contributed by atoms with Gasteiger partial charge in [0, 0.05) is 12.2 Å². The summed E-state index contributed by atoms with van der Waals surface area (Å²) in [7, 11) is 0. The van der Waals surface area contributed by atoms with Gasteiger partial charge in [0.05, 0.1) is 6.54 Å². The van der Waals surface area contributed by atoms with Gasteiger partial charge in [-0.1, -0.05) is 19.3 Å². The van der Waals surface area contributed by atoms with E-state index in [0.717, 1.165) is 12.8 Å². The van der Waals surface area contributed by atoms with Crippen molar-refractivity contribution in [3.8, 4) is 0 Å². The molecule has 1 aliphatic carbocycles. The Labute approximate surface area is 133 Å². The summed E-state index contributed by atoms with van der Waals surface area (Å²) in [4.78, 5) is 23.6. The maximum Gasteiger partial charge on any atom is 0.341 e. The Kier molecular flexibility index (Phi) is 4.27. The molecule has 0 saturated heterocycles. The molecule has 0 aliphatic heterocycles. The van der Waals surface area contributed by atoms with Crippen LogP contribution in [0.15, 0.2) is 23.4 Å². The summed E-state index contributed by atoms with van der Waals surface area (Å²) in [6, 6.07) is 2.01. The van der Waals surface area contributed by atoms with Gasteiger partial charge in [0.2, 0.25) is 0 Å². The van der Waals surface area contributed by atoms with Crippen LogP contribution in [0.2, 0.25) is 0 Å². The Hall–Kier alpha value is -2.44. The third kappa shape index (κ3) is 3.04. The molecule has 0 bridgehead atoms. The van der Waals surface area contributed by atoms with Crippen LogP contribution in [0.3, 0.4) is 0 Å². The van der Waals surface area contributed by atoms with Crippen LogP contribution in [0.5, 0.6) is 0 Å². The number of aromatic nitrogens is 4. The molecule has 0 amide bonds. The first kappa shape index (κ1) is 15.5. The molecule has 2 aromatic rings. The third-order valence-electron chi connectivity index (χ3n) is 4.51. The zero-order valence-corrected chi connectivity index (χ0v) is 13.1. The quantitative estimate of drug-likeness (QED) is 0.931. The number of carboxylic acids is 1. The van der Waals surface area contributed by atoms with Gasteiger partial charge in [0.25, 0.3) is 5.56 Å². The topological polar surface area (TPSA) is 90.0 Å². The summed E-state index contributed by atoms with van der Waals surface area (Å²) in [5.74, 6) is -0.505. The predicted molar refractivity (Wildman–Crippen MR) is 83.6 cm³/mol. The highest BCUT2D eigenvalue weighted by Gasteiger charge is 2.20. The van der Waals surface area contributed by atoms with E-state index in [1.165, 1.54) is 23.8 Å². The smallest absolute Gasteiger partial charge is 0.341 e. The molecule has 1 saturated carbocycles. The molecule has 0 unspecified atom stereocenters. The van der Waals surface area contributed by atoms with Crippen molar-refractivity contribution in [3.05, 3.63) is 45.9 Å². The minimum absolute atomic E-state index is 0.184. The number of carboxylic acid groups (broad SMARTS) is 1. The van der Waals surface area contributed by atoms with Gasteiger partial charge >= 0.3 is 5.97 Å². The van der Waals surface area contributed by atoms with Gasteiger partial charge in [-0.3, -0.25) is 4.79 Å². The molecule has 2 aromatic heterocycles. The zero-order chi connectivity index (χ0) is 16.4. The van der Waals surface area contributed by atoms with Gasteiger partial charge in [0.15, 0.2) is 5.82 Å². The summed E-state index contributed by atoms with van der Waals surface area (Å²) in [5.41, 5.74) is -0.223. The normalized spacial score (nSPS) is 15.7. The Morgan fingerprint density at radius 1 is 1.35 bits per heavy atom. The molecule has 2 heterocycles. The van der Waals surface area contributed by atoms with Crippen LogP contribution in [0.25, 0.3) is 0 Å². The molecule has 122 valence electrons. The van der Waals surface area contributed by atoms with Gasteiger partial charge in [-0.2, -0.15) is 0 Å². The number of nitrogens with zero attached hydrogens (tertiary/aromatic N) is 4. The van der Waals surface area contributed by atoms with Crippen LogP contribution in [-0.2, 0) is 6.54 Å². The van der Waals surface area contributed by atoms with Crippen LogP contribution in [0.4, 0.5) is 0 Å². The van der Waals surface area contributed by atoms with Gasteiger partial charge in [0.1, 0.15) is 11.9 Å². The molecule has 23 heavy (non-hydrogen) atoms. The SMILES string of the molecule is Cc1ccn(Cc2nncn2C2CCCCC2)c(=O)c1C(=O)O. The largest absolute Gasteiger partial charge is 0.477 e. The Morgan fingerprint density at radius 3 is 2.78 bits per heavy atom. The molecule has 0 aromatic carbocycles. The Balaban J connectivity index is 1.92. The van der Waals surface area contributed by atoms with E-state index in [0.29, 0.717) is 17.4 Å². The van der Waals surface area contributed by atoms with Crippen molar-refractivity contribution in [2.75, 3.05) is 0 Å². The van der Waals surface area contributed by atoms with Gasteiger partial charge in [-0.15, -0.1) is 10.2 Å². The highest BCUT2D eigenvalue weighted by molar-refractivity contribution is 5.88. The fourth-order valence-electron chi connectivity index (χ4n) is 3.25. The maximum atomic E-state index is 12.4. The first-order valence-corrected chi connectivity index (χ1v) is 7.89. The monoisotopic (exact) mass is 316 g/mol. The molecule has 7 nitrogen and oxygen atoms in total. The number of hydrogen-bond acceptors (Lipinski definition) is 4. The van der Waals surface area contributed by atoms with Crippen molar-refractivity contribution in [1.29, 1.82) is 0 Å². The van der Waals surface area contributed by atoms with Crippen molar-refractivity contribution in [2.45, 2.75) is 51.6 Å². The lowest BCUT2D eigenvalue weighted by Gasteiger charge is -2.24. The number of carbonyl (C=O) groups is 1. The van der Waals surface area contributed by atoms with Crippen molar-refractivity contribution in [3.63, 3.8) is 0 Å². The molecular weight excluding hydrogens is 296 g/mol. The Bertz CT molecular complexity index is 772. The maximum absolute atomic E-state index is 12.4. The van der Waals surface area contributed by atoms with Crippen LogP contribution < -0.4 is 5.56 Å². The average Bonchev–Trinajstić information content (AvgIpc) is 2.99. The van der Waals surface area contributed by atoms with Gasteiger partial charge < -0.3 is 14.2 Å². The van der Waals surface area contributed by atoms with Crippen molar-refractivity contribution < 1.29 is 9.90 Å². The molecule has 0 atom stereocenters. The zero-order valence-electron chi connectivity index (χ0n) is 13.1. The molecule has 0 spiro atoms. The van der Waals surface area contributed by atoms with E-state index in [4.69, 9.17) is 0 Å². The highest BCUT2D eigenvalue weighted by Crippen LogP contribution is 2.28. The number of pyridine rings is 1. The summed E-state index contributed by atoms with van der Waals surface area (Å²) in [5, 5.41) is 17.3. The first-order valence-electron chi connectivity index (χ1n) is 7.89. The van der Waals surface area contributed by atoms with E-state index in [1.807, 2.05) is 4.57 Å². The predicted octanol–water partition coefficient (Wildman–Crippen LogP) is 2.00. The van der Waals surface area contributed by atoms with Gasteiger partial charge in [-0.25, -0.2) is 4.79 Å². The van der Waals surface area contributed by atoms with Crippen molar-refractivity contribution in [1.82, 2.24) is 19.3 Å². The standard InChI is InChI=1S/C16H20N4O3/c1-11-7-8-19(15(21)14(11)16(22)23)9-13-18-17-10-20(13)12-5-3-2-4-6-12/h7-8,10,12H,2-6,9H2,1H3,(H,22,23). The van der Waals surface area contributed by atoms with E-state index in [2.05, 4.69) is 10.2 Å². The number of rotatable bonds is 4. The molecule has 0 radical (unpaired) electrons. The second-order valence-corrected chi connectivity index (χ2v) is 6.06. The lowest BCUT2D eigenvalue weighted by atomic mass is 9.95. The molecule has 1 aliphatic rings. The van der Waals surface area contributed by atoms with E-state index >= 15 is 0 Å². The number of aryl methyl sites for hydroxylation is 1. The van der Waals surface area contributed by atoms with E-state index in [9.17, 15) is 14.7 Å². The minimum atomic E-state index is -1.20. The van der Waals surface area contributed by atoms with Crippen molar-refractivity contribution >= 4 is 5.97 Å². The van der Waals surface area contributed by atoms with E-state index < -0.39 is 11.5 Å². The lowest BCUT2D eigenvalue weighted by Crippen LogP contribution is -2.29. The van der Waals surface area contributed by atoms with Gasteiger partial charge in [-0.05, 0) is 31.4 Å². The lowest BCUT2D eigenvalue weighted by molar-refractivity contribution is 0.0693. The summed E-state index contributed by atoms with van der Waals surface area (Å²) in [6.45, 7) is 1.86. The van der Waals surface area contributed by atoms with Crippen molar-refractivity contribution in [2.24, 2.45) is 0 Å². The third-order valence-corrected chi connectivity index (χ3v) is 4.51. The number of hydrogen-bond donors (Lipinski definition) is 1. The summed E-state index contributed by atoms with van der Waals surface area (Å²) < 4.78 is 3.42. The van der Waals surface area contributed by atoms with E-state index in [-0.39, 0.29) is 12.1 Å². The minimum Gasteiger partial charge on any atom is -0.477 e. The van der Waals surface area contributed by atoms with Crippen LogP contribution >= 0.6 is 0 Å². The molecule has 7 heteroatoms. The molecule has 1 N–H and O–H groups in total. The molecule has 3 rings (SSSR count). The number of aromatic carboxylic acids is 1. The van der Waals surface area contributed by atoms with Crippen LogP contribution in [0, 0.1) is 6.92 Å². The second-order valence-electron chi connectivity index (χ2n) is 6.06. The summed E-state index contributed by atoms with van der Waals surface area (Å²) >= 11 is 0. The summed E-state index contributed by atoms with van der Waals surface area (Å²) in [6.07, 6.45) is 9.15. The van der Waals surface area contributed by atoms with Crippen LogP contribution in [-0.4, -0.2) is 30.4 Å². The second kappa shape index (κ2) is 6.36. The first-order chi connectivity index (χ1) is 11.1. The van der Waals surface area contributed by atoms with E-state index in [1.54, 1.807) is 25.5 Å². The molecular formula is C16H20N4O3. The molecule has 1 fully saturated rings. The fourth-order valence-corrected chi connectivity index (χ4v) is 3.25. The average molecular weight is 316 g/mol. The Morgan fingerprint density at radius 2 is 2.09 bits per heavy atom.